The summed E-state index contributed by atoms with van der Waals surface area (Å²) >= 11 is 0. The normalized spacial score (nSPS) is 21.6. The van der Waals surface area contributed by atoms with Crippen molar-refractivity contribution in [1.82, 2.24) is 0 Å². The third kappa shape index (κ3) is 1.66. The van der Waals surface area contributed by atoms with E-state index >= 15 is 0 Å². The molecule has 0 radical (unpaired) electrons. The minimum atomic E-state index is -0.762. The van der Waals surface area contributed by atoms with E-state index in [4.69, 9.17) is 0 Å². The van der Waals surface area contributed by atoms with Crippen LogP contribution in [-0.4, -0.2) is 10.7 Å². The van der Waals surface area contributed by atoms with Crippen LogP contribution in [-0.2, 0) is 0 Å². The Morgan fingerprint density at radius 3 is 2.07 bits per heavy atom. The van der Waals surface area contributed by atoms with Crippen molar-refractivity contribution in [2.24, 2.45) is 5.41 Å². The first-order valence-corrected chi connectivity index (χ1v) is 5.78. The van der Waals surface area contributed by atoms with E-state index in [1.165, 1.54) is 6.42 Å². The van der Waals surface area contributed by atoms with E-state index in [9.17, 15) is 10.4 Å². The predicted molar refractivity (Wildman–Crippen MR) is 56.7 cm³/mol. The molecule has 0 bridgehead atoms. The molecule has 0 unspecified atom stereocenters. The van der Waals surface area contributed by atoms with Crippen molar-refractivity contribution in [2.75, 3.05) is 0 Å². The van der Waals surface area contributed by atoms with Gasteiger partial charge in [-0.1, -0.05) is 33.1 Å². The first-order chi connectivity index (χ1) is 6.64. The molecule has 0 aromatic heterocycles. The Hall–Kier alpha value is -0.550. The van der Waals surface area contributed by atoms with Gasteiger partial charge in [-0.2, -0.15) is 5.26 Å². The van der Waals surface area contributed by atoms with Gasteiger partial charge < -0.3 is 5.11 Å². The van der Waals surface area contributed by atoms with Crippen molar-refractivity contribution < 1.29 is 5.11 Å². The van der Waals surface area contributed by atoms with Crippen LogP contribution in [0.5, 0.6) is 0 Å². The maximum Gasteiger partial charge on any atom is 0.0860 e. The highest BCUT2D eigenvalue weighted by molar-refractivity contribution is 5.11. The van der Waals surface area contributed by atoms with E-state index in [0.29, 0.717) is 12.8 Å². The van der Waals surface area contributed by atoms with Crippen LogP contribution in [0.15, 0.2) is 0 Å². The van der Waals surface area contributed by atoms with Crippen LogP contribution in [0.3, 0.4) is 0 Å². The fraction of sp³-hybridized carbons (Fsp3) is 0.917. The lowest BCUT2D eigenvalue weighted by Crippen LogP contribution is -2.47. The molecule has 0 spiro atoms. The maximum atomic E-state index is 10.5. The summed E-state index contributed by atoms with van der Waals surface area (Å²) in [6, 6.07) is 2.41. The van der Waals surface area contributed by atoms with E-state index in [1.54, 1.807) is 0 Å². The molecule has 0 saturated heterocycles. The molecule has 1 saturated carbocycles. The van der Waals surface area contributed by atoms with E-state index in [0.717, 1.165) is 25.7 Å². The Morgan fingerprint density at radius 1 is 1.21 bits per heavy atom. The molecule has 0 aromatic rings. The number of aliphatic hydroxyl groups is 1. The number of hydrogen-bond acceptors (Lipinski definition) is 2. The highest BCUT2D eigenvalue weighted by Crippen LogP contribution is 2.47. The highest BCUT2D eigenvalue weighted by Gasteiger charge is 2.48. The lowest BCUT2D eigenvalue weighted by Gasteiger charge is -2.44. The Kier molecular flexibility index (Phi) is 3.55. The molecule has 2 heteroatoms. The second-order valence-corrected chi connectivity index (χ2v) is 4.49. The Balaban J connectivity index is 2.92. The zero-order valence-electron chi connectivity index (χ0n) is 9.34. The van der Waals surface area contributed by atoms with Gasteiger partial charge in [0.1, 0.15) is 0 Å². The summed E-state index contributed by atoms with van der Waals surface area (Å²) in [6.45, 7) is 3.97. The molecule has 1 aliphatic carbocycles. The van der Waals surface area contributed by atoms with Crippen molar-refractivity contribution in [3.8, 4) is 6.07 Å². The molecule has 14 heavy (non-hydrogen) atoms. The molecule has 1 N–H and O–H groups in total. The maximum absolute atomic E-state index is 10.5. The van der Waals surface area contributed by atoms with Crippen LogP contribution in [0.1, 0.15) is 58.8 Å². The van der Waals surface area contributed by atoms with E-state index < -0.39 is 11.0 Å². The summed E-state index contributed by atoms with van der Waals surface area (Å²) in [7, 11) is 0. The minimum absolute atomic E-state index is 0.464. The average Bonchev–Trinajstić information content (AvgIpc) is 2.28. The second-order valence-electron chi connectivity index (χ2n) is 4.49. The Morgan fingerprint density at radius 2 is 1.71 bits per heavy atom. The van der Waals surface area contributed by atoms with Crippen LogP contribution in [0.4, 0.5) is 0 Å². The van der Waals surface area contributed by atoms with Gasteiger partial charge in [0.15, 0.2) is 0 Å². The van der Waals surface area contributed by atoms with Crippen LogP contribution in [0.2, 0.25) is 0 Å². The summed E-state index contributed by atoms with van der Waals surface area (Å²) in [6.07, 6.45) is 6.54. The highest BCUT2D eigenvalue weighted by atomic mass is 16.3. The SMILES string of the molecule is CCC(O)(CC)C1(C#N)CCCCC1. The standard InChI is InChI=1S/C12H21NO/c1-3-12(14,4-2)11(10-13)8-6-5-7-9-11/h14H,3-9H2,1-2H3. The van der Waals surface area contributed by atoms with E-state index in [2.05, 4.69) is 6.07 Å². The third-order valence-corrected chi connectivity index (χ3v) is 3.98. The number of nitriles is 1. The largest absolute Gasteiger partial charge is 0.388 e. The summed E-state index contributed by atoms with van der Waals surface area (Å²) in [5.41, 5.74) is -1.23. The smallest absolute Gasteiger partial charge is 0.0860 e. The van der Waals surface area contributed by atoms with Crippen molar-refractivity contribution in [2.45, 2.75) is 64.4 Å². The molecular formula is C12H21NO. The average molecular weight is 195 g/mol. The molecule has 2 nitrogen and oxygen atoms in total. The lowest BCUT2D eigenvalue weighted by molar-refractivity contribution is -0.0781. The first kappa shape index (κ1) is 11.5. The second kappa shape index (κ2) is 4.31. The van der Waals surface area contributed by atoms with Crippen LogP contribution in [0.25, 0.3) is 0 Å². The first-order valence-electron chi connectivity index (χ1n) is 5.78. The van der Waals surface area contributed by atoms with Gasteiger partial charge in [-0.15, -0.1) is 0 Å². The molecule has 0 atom stereocenters. The molecule has 0 heterocycles. The van der Waals surface area contributed by atoms with Crippen molar-refractivity contribution in [1.29, 1.82) is 5.26 Å². The quantitative estimate of drug-likeness (QED) is 0.752. The zero-order valence-corrected chi connectivity index (χ0v) is 9.34. The molecule has 1 fully saturated rings. The summed E-state index contributed by atoms with van der Waals surface area (Å²) in [4.78, 5) is 0. The fourth-order valence-electron chi connectivity index (χ4n) is 2.76. The number of hydrogen-bond donors (Lipinski definition) is 1. The summed E-state index contributed by atoms with van der Waals surface area (Å²) in [5, 5.41) is 19.8. The minimum Gasteiger partial charge on any atom is -0.388 e. The number of nitrogens with zero attached hydrogens (tertiary/aromatic N) is 1. The summed E-state index contributed by atoms with van der Waals surface area (Å²) < 4.78 is 0. The van der Waals surface area contributed by atoms with Crippen molar-refractivity contribution in [3.63, 3.8) is 0 Å². The van der Waals surface area contributed by atoms with Gasteiger partial charge in [0.05, 0.1) is 17.1 Å². The molecule has 0 amide bonds. The Labute approximate surface area is 86.9 Å². The predicted octanol–water partition coefficient (Wildman–Crippen LogP) is 3.01. The van der Waals surface area contributed by atoms with Crippen molar-refractivity contribution in [3.05, 3.63) is 0 Å². The molecule has 0 aromatic carbocycles. The van der Waals surface area contributed by atoms with Gasteiger partial charge in [0, 0.05) is 0 Å². The monoisotopic (exact) mass is 195 g/mol. The fourth-order valence-corrected chi connectivity index (χ4v) is 2.76. The number of rotatable bonds is 3. The van der Waals surface area contributed by atoms with Crippen LogP contribution >= 0.6 is 0 Å². The Bertz CT molecular complexity index is 219. The topological polar surface area (TPSA) is 44.0 Å². The third-order valence-electron chi connectivity index (χ3n) is 3.98. The van der Waals surface area contributed by atoms with Gasteiger partial charge in [-0.3, -0.25) is 0 Å². The van der Waals surface area contributed by atoms with Gasteiger partial charge in [0.2, 0.25) is 0 Å². The molecule has 1 aliphatic rings. The van der Waals surface area contributed by atoms with Gasteiger partial charge in [0.25, 0.3) is 0 Å². The molecule has 0 aliphatic heterocycles. The zero-order chi connectivity index (χ0) is 10.7. The summed E-state index contributed by atoms with van der Waals surface area (Å²) in [5.74, 6) is 0. The lowest BCUT2D eigenvalue weighted by atomic mass is 9.62. The van der Waals surface area contributed by atoms with Gasteiger partial charge in [-0.25, -0.2) is 0 Å². The van der Waals surface area contributed by atoms with Crippen molar-refractivity contribution >= 4 is 0 Å². The van der Waals surface area contributed by atoms with Crippen LogP contribution < -0.4 is 0 Å². The van der Waals surface area contributed by atoms with Gasteiger partial charge in [-0.05, 0) is 25.7 Å². The van der Waals surface area contributed by atoms with E-state index in [-0.39, 0.29) is 0 Å². The molecule has 80 valence electrons. The van der Waals surface area contributed by atoms with Crippen LogP contribution in [0, 0.1) is 16.7 Å². The van der Waals surface area contributed by atoms with Gasteiger partial charge >= 0.3 is 0 Å². The molecular weight excluding hydrogens is 174 g/mol. The van der Waals surface area contributed by atoms with E-state index in [1.807, 2.05) is 13.8 Å². The molecule has 1 rings (SSSR count).